The third kappa shape index (κ3) is 4.32. The highest BCUT2D eigenvalue weighted by Gasteiger charge is 2.39. The van der Waals surface area contributed by atoms with E-state index >= 15 is 0 Å². The van der Waals surface area contributed by atoms with Crippen LogP contribution in [0.5, 0.6) is 5.75 Å². The van der Waals surface area contributed by atoms with E-state index < -0.39 is 6.10 Å². The highest BCUT2D eigenvalue weighted by atomic mass is 16.5. The molecular formula is C24H26N2O5. The molecule has 7 heteroatoms. The van der Waals surface area contributed by atoms with Crippen molar-refractivity contribution in [3.05, 3.63) is 64.9 Å². The fourth-order valence-electron chi connectivity index (χ4n) is 4.26. The first-order valence-electron chi connectivity index (χ1n) is 10.6. The molecule has 1 N–H and O–H groups in total. The molecule has 0 bridgehead atoms. The topological polar surface area (TPSA) is 87.2 Å². The summed E-state index contributed by atoms with van der Waals surface area (Å²) in [6.07, 6.45) is 4.99. The molecule has 1 aromatic carbocycles. The van der Waals surface area contributed by atoms with E-state index in [0.29, 0.717) is 55.8 Å². The Morgan fingerprint density at radius 2 is 1.94 bits per heavy atom. The summed E-state index contributed by atoms with van der Waals surface area (Å²) < 4.78 is 5.46. The van der Waals surface area contributed by atoms with Gasteiger partial charge in [-0.1, -0.05) is 12.1 Å². The zero-order valence-electron chi connectivity index (χ0n) is 17.5. The lowest BCUT2D eigenvalue weighted by Gasteiger charge is -2.40. The minimum atomic E-state index is -0.956. The van der Waals surface area contributed by atoms with Crippen LogP contribution in [0.15, 0.2) is 59.3 Å². The monoisotopic (exact) mass is 422 g/mol. The summed E-state index contributed by atoms with van der Waals surface area (Å²) >= 11 is 0. The Morgan fingerprint density at radius 1 is 1.16 bits per heavy atom. The molecule has 1 saturated heterocycles. The minimum Gasteiger partial charge on any atom is -0.494 e. The second-order valence-electron chi connectivity index (χ2n) is 7.84. The zero-order valence-corrected chi connectivity index (χ0v) is 17.5. The van der Waals surface area contributed by atoms with Gasteiger partial charge >= 0.3 is 0 Å². The van der Waals surface area contributed by atoms with Gasteiger partial charge in [-0.3, -0.25) is 14.4 Å². The number of allylic oxidation sites excluding steroid dienone is 2. The molecule has 3 aliphatic rings. The van der Waals surface area contributed by atoms with Gasteiger partial charge in [-0.15, -0.1) is 0 Å². The van der Waals surface area contributed by atoms with E-state index in [2.05, 4.69) is 0 Å². The van der Waals surface area contributed by atoms with Crippen molar-refractivity contribution in [2.45, 2.75) is 32.3 Å². The van der Waals surface area contributed by atoms with Gasteiger partial charge in [0.15, 0.2) is 5.78 Å². The summed E-state index contributed by atoms with van der Waals surface area (Å²) in [6, 6.07) is 7.71. The maximum atomic E-state index is 13.3. The molecule has 1 fully saturated rings. The standard InChI is InChI=1S/C24H26N2O5/c1-2-31-18-8-5-16(6-9-18)11-13-25-15-22(29)26-12-3-4-19(23(26)24(25)30)20-14-17(27)7-10-21(20)28/h5-10,14,21,28H,2-4,11-13,15H2,1H3. The number of ketones is 1. The molecule has 0 radical (unpaired) electrons. The molecule has 2 heterocycles. The van der Waals surface area contributed by atoms with Gasteiger partial charge in [0, 0.05) is 13.1 Å². The van der Waals surface area contributed by atoms with E-state index in [-0.39, 0.29) is 24.1 Å². The van der Waals surface area contributed by atoms with Crippen LogP contribution in [0.1, 0.15) is 25.3 Å². The Kier molecular flexibility index (Phi) is 6.04. The third-order valence-electron chi connectivity index (χ3n) is 5.79. The van der Waals surface area contributed by atoms with Gasteiger partial charge < -0.3 is 19.6 Å². The predicted octanol–water partition coefficient (Wildman–Crippen LogP) is 1.77. The number of benzene rings is 1. The van der Waals surface area contributed by atoms with Gasteiger partial charge in [-0.25, -0.2) is 0 Å². The van der Waals surface area contributed by atoms with Crippen LogP contribution in [0.25, 0.3) is 0 Å². The van der Waals surface area contributed by atoms with Crippen LogP contribution in [0.2, 0.25) is 0 Å². The summed E-state index contributed by atoms with van der Waals surface area (Å²) in [5.41, 5.74) is 2.37. The lowest BCUT2D eigenvalue weighted by Crippen LogP contribution is -2.54. The summed E-state index contributed by atoms with van der Waals surface area (Å²) in [5, 5.41) is 10.4. The van der Waals surface area contributed by atoms with Gasteiger partial charge in [0.05, 0.1) is 12.7 Å². The van der Waals surface area contributed by atoms with Crippen LogP contribution in [0.3, 0.4) is 0 Å². The fourth-order valence-corrected chi connectivity index (χ4v) is 4.26. The number of ether oxygens (including phenoxy) is 1. The SMILES string of the molecule is CCOc1ccc(CCN2CC(=O)N3CCCC(C4=CC(=O)C=CC4O)=C3C2=O)cc1. The molecule has 1 aromatic rings. The van der Waals surface area contributed by atoms with Crippen LogP contribution in [-0.2, 0) is 20.8 Å². The predicted molar refractivity (Wildman–Crippen MR) is 114 cm³/mol. The molecule has 162 valence electrons. The first-order valence-corrected chi connectivity index (χ1v) is 10.6. The molecule has 1 unspecified atom stereocenters. The number of hydrogen-bond acceptors (Lipinski definition) is 5. The number of fused-ring (bicyclic) bond motifs is 1. The normalized spacial score (nSPS) is 21.4. The van der Waals surface area contributed by atoms with E-state index in [9.17, 15) is 19.5 Å². The van der Waals surface area contributed by atoms with E-state index in [1.165, 1.54) is 23.1 Å². The number of nitrogens with zero attached hydrogens (tertiary/aromatic N) is 2. The van der Waals surface area contributed by atoms with Crippen LogP contribution in [0, 0.1) is 0 Å². The first kappa shape index (κ1) is 21.1. The van der Waals surface area contributed by atoms with Crippen molar-refractivity contribution in [2.75, 3.05) is 26.2 Å². The van der Waals surface area contributed by atoms with Crippen molar-refractivity contribution < 1.29 is 24.2 Å². The molecule has 0 spiro atoms. The average molecular weight is 422 g/mol. The Labute approximate surface area is 181 Å². The quantitative estimate of drug-likeness (QED) is 0.755. The number of amides is 2. The fraction of sp³-hybridized carbons (Fsp3) is 0.375. The smallest absolute Gasteiger partial charge is 0.271 e. The molecule has 2 amide bonds. The lowest BCUT2D eigenvalue weighted by atomic mass is 9.87. The van der Waals surface area contributed by atoms with Gasteiger partial charge in [0.25, 0.3) is 5.91 Å². The average Bonchev–Trinajstić information content (AvgIpc) is 2.77. The van der Waals surface area contributed by atoms with Crippen molar-refractivity contribution in [1.29, 1.82) is 0 Å². The highest BCUT2D eigenvalue weighted by Crippen LogP contribution is 2.34. The molecule has 1 aliphatic carbocycles. The van der Waals surface area contributed by atoms with Crippen molar-refractivity contribution in [2.24, 2.45) is 0 Å². The molecule has 0 aromatic heterocycles. The Bertz CT molecular complexity index is 990. The highest BCUT2D eigenvalue weighted by molar-refractivity contribution is 6.06. The van der Waals surface area contributed by atoms with E-state index in [1.807, 2.05) is 31.2 Å². The Morgan fingerprint density at radius 3 is 2.68 bits per heavy atom. The molecule has 4 rings (SSSR count). The van der Waals surface area contributed by atoms with Gasteiger partial charge in [-0.2, -0.15) is 0 Å². The molecule has 31 heavy (non-hydrogen) atoms. The zero-order chi connectivity index (χ0) is 22.0. The van der Waals surface area contributed by atoms with E-state index in [4.69, 9.17) is 4.74 Å². The number of aliphatic hydroxyl groups excluding tert-OH is 1. The van der Waals surface area contributed by atoms with Crippen LogP contribution in [0.4, 0.5) is 0 Å². The number of hydrogen-bond donors (Lipinski definition) is 1. The Hall–Kier alpha value is -3.19. The van der Waals surface area contributed by atoms with Crippen LogP contribution < -0.4 is 4.74 Å². The van der Waals surface area contributed by atoms with Gasteiger partial charge in [0.1, 0.15) is 18.0 Å². The second-order valence-corrected chi connectivity index (χ2v) is 7.84. The first-order chi connectivity index (χ1) is 15.0. The molecule has 1 atom stereocenters. The lowest BCUT2D eigenvalue weighted by molar-refractivity contribution is -0.145. The summed E-state index contributed by atoms with van der Waals surface area (Å²) in [4.78, 5) is 41.1. The van der Waals surface area contributed by atoms with Crippen molar-refractivity contribution in [1.82, 2.24) is 9.80 Å². The summed E-state index contributed by atoms with van der Waals surface area (Å²) in [7, 11) is 0. The van der Waals surface area contributed by atoms with Crippen molar-refractivity contribution in [3.63, 3.8) is 0 Å². The van der Waals surface area contributed by atoms with E-state index in [1.54, 1.807) is 4.90 Å². The third-order valence-corrected chi connectivity index (χ3v) is 5.79. The minimum absolute atomic E-state index is 0.0348. The number of piperazine rings is 1. The second kappa shape index (κ2) is 8.89. The molecular weight excluding hydrogens is 396 g/mol. The molecule has 7 nitrogen and oxygen atoms in total. The number of carbonyl (C=O) groups is 3. The van der Waals surface area contributed by atoms with Crippen molar-refractivity contribution in [3.8, 4) is 5.75 Å². The molecule has 2 aliphatic heterocycles. The number of carbonyl (C=O) groups excluding carboxylic acids is 3. The summed E-state index contributed by atoms with van der Waals surface area (Å²) in [5.74, 6) is 0.208. The van der Waals surface area contributed by atoms with Gasteiger partial charge in [0.2, 0.25) is 5.91 Å². The van der Waals surface area contributed by atoms with Crippen LogP contribution in [-0.4, -0.2) is 64.8 Å². The number of aliphatic hydroxyl groups is 1. The largest absolute Gasteiger partial charge is 0.494 e. The van der Waals surface area contributed by atoms with Crippen LogP contribution >= 0.6 is 0 Å². The summed E-state index contributed by atoms with van der Waals surface area (Å²) in [6.45, 7) is 3.45. The Balaban J connectivity index is 1.57. The van der Waals surface area contributed by atoms with Crippen molar-refractivity contribution >= 4 is 17.6 Å². The maximum absolute atomic E-state index is 13.3. The maximum Gasteiger partial charge on any atom is 0.271 e. The molecule has 0 saturated carbocycles. The van der Waals surface area contributed by atoms with E-state index in [0.717, 1.165) is 11.3 Å². The number of rotatable bonds is 6. The van der Waals surface area contributed by atoms with Gasteiger partial charge in [-0.05, 0) is 73.3 Å².